The Morgan fingerprint density at radius 3 is 2.72 bits per heavy atom. The van der Waals surface area contributed by atoms with E-state index >= 15 is 0 Å². The van der Waals surface area contributed by atoms with Crippen molar-refractivity contribution >= 4 is 5.69 Å². The van der Waals surface area contributed by atoms with E-state index in [1.165, 1.54) is 24.9 Å². The van der Waals surface area contributed by atoms with Gasteiger partial charge in [0.05, 0.1) is 6.61 Å². The highest BCUT2D eigenvalue weighted by molar-refractivity contribution is 5.48. The van der Waals surface area contributed by atoms with Crippen LogP contribution in [0.4, 0.5) is 5.69 Å². The monoisotopic (exact) mass is 247 g/mol. The second-order valence-electron chi connectivity index (χ2n) is 5.96. The van der Waals surface area contributed by atoms with Crippen molar-refractivity contribution in [3.8, 4) is 5.75 Å². The Balaban J connectivity index is 1.85. The minimum absolute atomic E-state index is 0.554. The molecule has 2 heteroatoms. The van der Waals surface area contributed by atoms with E-state index in [-0.39, 0.29) is 0 Å². The maximum absolute atomic E-state index is 5.74. The standard InChI is InChI=1S/C16H25NO/c1-12(2)11-18-16-6-4-5-15(10-16)17-13(3)9-14-7-8-14/h4-6,10,12-14,17H,7-9,11H2,1-3H3. The maximum atomic E-state index is 5.74. The van der Waals surface area contributed by atoms with Crippen LogP contribution in [0.15, 0.2) is 24.3 Å². The van der Waals surface area contributed by atoms with Gasteiger partial charge < -0.3 is 10.1 Å². The number of rotatable bonds is 7. The van der Waals surface area contributed by atoms with E-state index in [4.69, 9.17) is 4.74 Å². The van der Waals surface area contributed by atoms with Crippen molar-refractivity contribution in [3.63, 3.8) is 0 Å². The largest absolute Gasteiger partial charge is 0.493 e. The molecule has 0 saturated heterocycles. The molecule has 0 radical (unpaired) electrons. The van der Waals surface area contributed by atoms with Crippen LogP contribution in [0.5, 0.6) is 5.75 Å². The highest BCUT2D eigenvalue weighted by Gasteiger charge is 2.23. The summed E-state index contributed by atoms with van der Waals surface area (Å²) in [5, 5.41) is 3.56. The summed E-state index contributed by atoms with van der Waals surface area (Å²) < 4.78 is 5.74. The van der Waals surface area contributed by atoms with E-state index in [1.54, 1.807) is 0 Å². The molecule has 1 aromatic rings. The van der Waals surface area contributed by atoms with Gasteiger partial charge in [0.15, 0.2) is 0 Å². The van der Waals surface area contributed by atoms with Gasteiger partial charge in [-0.3, -0.25) is 0 Å². The van der Waals surface area contributed by atoms with Crippen LogP contribution >= 0.6 is 0 Å². The zero-order valence-corrected chi connectivity index (χ0v) is 11.8. The first-order chi connectivity index (χ1) is 8.63. The third-order valence-corrected chi connectivity index (χ3v) is 3.21. The Labute approximate surface area is 111 Å². The molecule has 0 aromatic heterocycles. The maximum Gasteiger partial charge on any atom is 0.121 e. The Morgan fingerprint density at radius 1 is 1.28 bits per heavy atom. The van der Waals surface area contributed by atoms with Gasteiger partial charge in [0.2, 0.25) is 0 Å². The molecule has 2 rings (SSSR count). The van der Waals surface area contributed by atoms with Gasteiger partial charge in [-0.1, -0.05) is 32.8 Å². The highest BCUT2D eigenvalue weighted by atomic mass is 16.5. The average Bonchev–Trinajstić information content (AvgIpc) is 3.10. The fraction of sp³-hybridized carbons (Fsp3) is 0.625. The number of benzene rings is 1. The molecule has 100 valence electrons. The summed E-state index contributed by atoms with van der Waals surface area (Å²) in [6.45, 7) is 7.38. The van der Waals surface area contributed by atoms with E-state index in [9.17, 15) is 0 Å². The summed E-state index contributed by atoms with van der Waals surface area (Å²) in [5.74, 6) is 2.50. The van der Waals surface area contributed by atoms with Crippen molar-refractivity contribution in [2.24, 2.45) is 11.8 Å². The van der Waals surface area contributed by atoms with E-state index in [1.807, 2.05) is 6.07 Å². The molecular formula is C16H25NO. The predicted octanol–water partition coefficient (Wildman–Crippen LogP) is 4.32. The molecule has 1 fully saturated rings. The second kappa shape index (κ2) is 6.12. The zero-order chi connectivity index (χ0) is 13.0. The highest BCUT2D eigenvalue weighted by Crippen LogP contribution is 2.34. The second-order valence-corrected chi connectivity index (χ2v) is 5.96. The lowest BCUT2D eigenvalue weighted by Crippen LogP contribution is -2.15. The minimum Gasteiger partial charge on any atom is -0.493 e. The van der Waals surface area contributed by atoms with Gasteiger partial charge in [0.25, 0.3) is 0 Å². The smallest absolute Gasteiger partial charge is 0.121 e. The molecule has 0 heterocycles. The summed E-state index contributed by atoms with van der Waals surface area (Å²) in [7, 11) is 0. The van der Waals surface area contributed by atoms with Crippen molar-refractivity contribution in [1.29, 1.82) is 0 Å². The predicted molar refractivity (Wildman–Crippen MR) is 77.2 cm³/mol. The Bertz CT molecular complexity index is 371. The van der Waals surface area contributed by atoms with Crippen LogP contribution in [0.25, 0.3) is 0 Å². The van der Waals surface area contributed by atoms with Crippen molar-refractivity contribution < 1.29 is 4.74 Å². The number of anilines is 1. The molecule has 1 aliphatic rings. The molecule has 0 bridgehead atoms. The number of hydrogen-bond donors (Lipinski definition) is 1. The van der Waals surface area contributed by atoms with E-state index in [2.05, 4.69) is 44.3 Å². The summed E-state index contributed by atoms with van der Waals surface area (Å²) in [4.78, 5) is 0. The first-order valence-corrected chi connectivity index (χ1v) is 7.13. The minimum atomic E-state index is 0.554. The van der Waals surface area contributed by atoms with E-state index in [0.29, 0.717) is 12.0 Å². The van der Waals surface area contributed by atoms with Crippen LogP contribution in [0.2, 0.25) is 0 Å². The molecule has 2 nitrogen and oxygen atoms in total. The molecule has 1 atom stereocenters. The van der Waals surface area contributed by atoms with Crippen LogP contribution in [-0.2, 0) is 0 Å². The quantitative estimate of drug-likeness (QED) is 0.774. The molecule has 0 amide bonds. The van der Waals surface area contributed by atoms with Crippen molar-refractivity contribution in [3.05, 3.63) is 24.3 Å². The Hall–Kier alpha value is -1.18. The molecule has 1 aliphatic carbocycles. The van der Waals surface area contributed by atoms with Crippen molar-refractivity contribution in [2.75, 3.05) is 11.9 Å². The summed E-state index contributed by atoms with van der Waals surface area (Å²) in [6.07, 6.45) is 4.13. The molecule has 1 N–H and O–H groups in total. The topological polar surface area (TPSA) is 21.3 Å². The summed E-state index contributed by atoms with van der Waals surface area (Å²) in [5.41, 5.74) is 1.17. The molecule has 0 aliphatic heterocycles. The Morgan fingerprint density at radius 2 is 2.06 bits per heavy atom. The average molecular weight is 247 g/mol. The molecular weight excluding hydrogens is 222 g/mol. The van der Waals surface area contributed by atoms with Gasteiger partial charge in [-0.05, 0) is 37.3 Å². The van der Waals surface area contributed by atoms with Gasteiger partial charge in [-0.2, -0.15) is 0 Å². The first-order valence-electron chi connectivity index (χ1n) is 7.13. The molecule has 1 aromatic carbocycles. The molecule has 0 spiro atoms. The van der Waals surface area contributed by atoms with Gasteiger partial charge >= 0.3 is 0 Å². The normalized spacial score (nSPS) is 16.7. The van der Waals surface area contributed by atoms with Crippen LogP contribution < -0.4 is 10.1 Å². The molecule has 1 saturated carbocycles. The summed E-state index contributed by atoms with van der Waals surface area (Å²) >= 11 is 0. The van der Waals surface area contributed by atoms with Crippen molar-refractivity contribution in [2.45, 2.75) is 46.1 Å². The van der Waals surface area contributed by atoms with Crippen LogP contribution in [0.3, 0.4) is 0 Å². The van der Waals surface area contributed by atoms with Gasteiger partial charge in [-0.15, -0.1) is 0 Å². The summed E-state index contributed by atoms with van der Waals surface area (Å²) in [6, 6.07) is 8.86. The molecule has 18 heavy (non-hydrogen) atoms. The molecule has 1 unspecified atom stereocenters. The van der Waals surface area contributed by atoms with Crippen LogP contribution in [-0.4, -0.2) is 12.6 Å². The lowest BCUT2D eigenvalue weighted by Gasteiger charge is -2.16. The lowest BCUT2D eigenvalue weighted by atomic mass is 10.1. The first kappa shape index (κ1) is 13.3. The third-order valence-electron chi connectivity index (χ3n) is 3.21. The van der Waals surface area contributed by atoms with Crippen molar-refractivity contribution in [1.82, 2.24) is 0 Å². The Kier molecular flexibility index (Phi) is 4.51. The van der Waals surface area contributed by atoms with Crippen LogP contribution in [0, 0.1) is 11.8 Å². The number of hydrogen-bond acceptors (Lipinski definition) is 2. The van der Waals surface area contributed by atoms with Crippen LogP contribution in [0.1, 0.15) is 40.0 Å². The number of nitrogens with one attached hydrogen (secondary N) is 1. The van der Waals surface area contributed by atoms with Gasteiger partial charge in [-0.25, -0.2) is 0 Å². The van der Waals surface area contributed by atoms with E-state index in [0.717, 1.165) is 18.3 Å². The SMILES string of the molecule is CC(C)COc1cccc(NC(C)CC2CC2)c1. The lowest BCUT2D eigenvalue weighted by molar-refractivity contribution is 0.271. The fourth-order valence-electron chi connectivity index (χ4n) is 2.14. The number of ether oxygens (including phenoxy) is 1. The van der Waals surface area contributed by atoms with Gasteiger partial charge in [0.1, 0.15) is 5.75 Å². The third kappa shape index (κ3) is 4.59. The van der Waals surface area contributed by atoms with E-state index < -0.39 is 0 Å². The van der Waals surface area contributed by atoms with Gasteiger partial charge in [0, 0.05) is 17.8 Å². The fourth-order valence-corrected chi connectivity index (χ4v) is 2.14. The zero-order valence-electron chi connectivity index (χ0n) is 11.8.